The SMILES string of the molecule is CCc1ccc(C(N=C(N)N)C(=O)OS)cc1. The van der Waals surface area contributed by atoms with Gasteiger partial charge in [0.25, 0.3) is 0 Å². The third-order valence-electron chi connectivity index (χ3n) is 2.30. The first-order valence-electron chi connectivity index (χ1n) is 5.11. The number of thiol groups is 1. The molecule has 0 bridgehead atoms. The summed E-state index contributed by atoms with van der Waals surface area (Å²) in [6.07, 6.45) is 0.921. The van der Waals surface area contributed by atoms with Crippen LogP contribution in [0.25, 0.3) is 0 Å². The molecule has 0 aliphatic rings. The van der Waals surface area contributed by atoms with E-state index in [2.05, 4.69) is 22.1 Å². The molecule has 0 heterocycles. The highest BCUT2D eigenvalue weighted by Gasteiger charge is 2.21. The van der Waals surface area contributed by atoms with E-state index in [1.54, 1.807) is 12.1 Å². The van der Waals surface area contributed by atoms with Gasteiger partial charge in [-0.3, -0.25) is 0 Å². The zero-order valence-corrected chi connectivity index (χ0v) is 10.4. The van der Waals surface area contributed by atoms with Crippen molar-refractivity contribution in [2.45, 2.75) is 19.4 Å². The van der Waals surface area contributed by atoms with Crippen LogP contribution in [0.2, 0.25) is 0 Å². The van der Waals surface area contributed by atoms with E-state index < -0.39 is 12.0 Å². The van der Waals surface area contributed by atoms with Crippen molar-refractivity contribution in [2.24, 2.45) is 16.5 Å². The number of hydrogen-bond donors (Lipinski definition) is 3. The molecule has 5 nitrogen and oxygen atoms in total. The summed E-state index contributed by atoms with van der Waals surface area (Å²) < 4.78 is 4.36. The minimum Gasteiger partial charge on any atom is -0.393 e. The largest absolute Gasteiger partial charge is 0.393 e. The lowest BCUT2D eigenvalue weighted by molar-refractivity contribution is -0.134. The standard InChI is InChI=1S/C11H15N3O2S/c1-2-7-3-5-8(6-4-7)9(10(15)16-17)14-11(12)13/h3-6,9,17H,2H2,1H3,(H4,12,13,14). The first-order chi connectivity index (χ1) is 8.08. The van der Waals surface area contributed by atoms with Gasteiger partial charge in [-0.05, 0) is 17.5 Å². The number of benzene rings is 1. The summed E-state index contributed by atoms with van der Waals surface area (Å²) in [5.41, 5.74) is 12.4. The van der Waals surface area contributed by atoms with Gasteiger partial charge in [-0.25, -0.2) is 9.79 Å². The molecule has 1 aromatic carbocycles. The molecule has 17 heavy (non-hydrogen) atoms. The quantitative estimate of drug-likeness (QED) is 0.322. The monoisotopic (exact) mass is 253 g/mol. The van der Waals surface area contributed by atoms with Crippen molar-refractivity contribution in [1.29, 1.82) is 0 Å². The molecule has 0 saturated carbocycles. The van der Waals surface area contributed by atoms with Crippen molar-refractivity contribution >= 4 is 24.8 Å². The molecule has 1 atom stereocenters. The molecule has 4 N–H and O–H groups in total. The molecule has 0 saturated heterocycles. The van der Waals surface area contributed by atoms with E-state index in [-0.39, 0.29) is 5.96 Å². The molecule has 1 rings (SSSR count). The lowest BCUT2D eigenvalue weighted by atomic mass is 10.0. The third-order valence-corrected chi connectivity index (χ3v) is 2.48. The highest BCUT2D eigenvalue weighted by molar-refractivity contribution is 7.75. The molecular formula is C11H15N3O2S. The molecular weight excluding hydrogens is 238 g/mol. The summed E-state index contributed by atoms with van der Waals surface area (Å²) in [5.74, 6) is -0.792. The van der Waals surface area contributed by atoms with Crippen LogP contribution in [-0.2, 0) is 15.4 Å². The lowest BCUT2D eigenvalue weighted by Crippen LogP contribution is -2.25. The van der Waals surface area contributed by atoms with Crippen molar-refractivity contribution in [3.63, 3.8) is 0 Å². The summed E-state index contributed by atoms with van der Waals surface area (Å²) in [7, 11) is 0. The van der Waals surface area contributed by atoms with E-state index >= 15 is 0 Å². The van der Waals surface area contributed by atoms with E-state index in [0.29, 0.717) is 5.56 Å². The summed E-state index contributed by atoms with van der Waals surface area (Å²) >= 11 is 3.47. The smallest absolute Gasteiger partial charge is 0.347 e. The van der Waals surface area contributed by atoms with Crippen LogP contribution in [0.1, 0.15) is 24.1 Å². The topological polar surface area (TPSA) is 90.7 Å². The van der Waals surface area contributed by atoms with Gasteiger partial charge < -0.3 is 15.7 Å². The zero-order valence-electron chi connectivity index (χ0n) is 9.46. The predicted molar refractivity (Wildman–Crippen MR) is 69.4 cm³/mol. The van der Waals surface area contributed by atoms with Crippen LogP contribution in [0.4, 0.5) is 0 Å². The molecule has 0 fully saturated rings. The Bertz CT molecular complexity index is 413. The van der Waals surface area contributed by atoms with Crippen LogP contribution >= 0.6 is 12.9 Å². The van der Waals surface area contributed by atoms with Gasteiger partial charge in [-0.1, -0.05) is 31.2 Å². The number of carbonyl (C=O) groups excluding carboxylic acids is 1. The fourth-order valence-electron chi connectivity index (χ4n) is 1.40. The van der Waals surface area contributed by atoms with Crippen molar-refractivity contribution < 1.29 is 8.98 Å². The first-order valence-corrected chi connectivity index (χ1v) is 5.47. The number of carbonyl (C=O) groups is 1. The molecule has 0 amide bonds. The number of nitrogens with zero attached hydrogens (tertiary/aromatic N) is 1. The maximum atomic E-state index is 11.5. The Morgan fingerprint density at radius 3 is 2.41 bits per heavy atom. The average molecular weight is 253 g/mol. The van der Waals surface area contributed by atoms with Crippen LogP contribution in [0.5, 0.6) is 0 Å². The van der Waals surface area contributed by atoms with Crippen molar-refractivity contribution in [2.75, 3.05) is 0 Å². The number of aliphatic imine (C=N–C) groups is 1. The molecule has 0 spiro atoms. The van der Waals surface area contributed by atoms with E-state index in [1.807, 2.05) is 19.1 Å². The molecule has 6 heteroatoms. The van der Waals surface area contributed by atoms with Crippen LogP contribution < -0.4 is 11.5 Å². The Hall–Kier alpha value is -1.69. The molecule has 0 radical (unpaired) electrons. The maximum Gasteiger partial charge on any atom is 0.347 e. The Kier molecular flexibility index (Phi) is 4.84. The van der Waals surface area contributed by atoms with Gasteiger partial charge >= 0.3 is 5.97 Å². The van der Waals surface area contributed by atoms with Crippen molar-refractivity contribution in [1.82, 2.24) is 0 Å². The van der Waals surface area contributed by atoms with Gasteiger partial charge in [0, 0.05) is 12.9 Å². The van der Waals surface area contributed by atoms with Crippen molar-refractivity contribution in [3.05, 3.63) is 35.4 Å². The van der Waals surface area contributed by atoms with Crippen LogP contribution in [0.3, 0.4) is 0 Å². The predicted octanol–water partition coefficient (Wildman–Crippen LogP) is 0.951. The minimum atomic E-state index is -0.872. The van der Waals surface area contributed by atoms with E-state index in [4.69, 9.17) is 11.5 Å². The van der Waals surface area contributed by atoms with E-state index in [0.717, 1.165) is 12.0 Å². The summed E-state index contributed by atoms with van der Waals surface area (Å²) in [5, 5.41) is 0. The van der Waals surface area contributed by atoms with Crippen molar-refractivity contribution in [3.8, 4) is 0 Å². The van der Waals surface area contributed by atoms with Gasteiger partial charge in [0.2, 0.25) is 0 Å². The number of aryl methyl sites for hydroxylation is 1. The van der Waals surface area contributed by atoms with Crippen LogP contribution in [0.15, 0.2) is 29.3 Å². The van der Waals surface area contributed by atoms with Crippen LogP contribution in [-0.4, -0.2) is 11.9 Å². The van der Waals surface area contributed by atoms with Gasteiger partial charge in [0.15, 0.2) is 12.0 Å². The fourth-order valence-corrected chi connectivity index (χ4v) is 1.50. The molecule has 0 aromatic heterocycles. The molecule has 1 unspecified atom stereocenters. The van der Waals surface area contributed by atoms with E-state index in [1.165, 1.54) is 0 Å². The zero-order chi connectivity index (χ0) is 12.8. The number of rotatable bonds is 4. The molecule has 0 aliphatic heterocycles. The number of nitrogens with two attached hydrogens (primary N) is 2. The Balaban J connectivity index is 3.04. The Morgan fingerprint density at radius 2 is 2.00 bits per heavy atom. The second-order valence-electron chi connectivity index (χ2n) is 3.46. The first kappa shape index (κ1) is 13.4. The fraction of sp³-hybridized carbons (Fsp3) is 0.273. The normalized spacial score (nSPS) is 11.6. The van der Waals surface area contributed by atoms with Gasteiger partial charge in [-0.15, -0.1) is 0 Å². The lowest BCUT2D eigenvalue weighted by Gasteiger charge is -2.10. The average Bonchev–Trinajstić information content (AvgIpc) is 2.35. The molecule has 1 aromatic rings. The Morgan fingerprint density at radius 1 is 1.41 bits per heavy atom. The number of hydrogen-bond acceptors (Lipinski definition) is 4. The summed E-state index contributed by atoms with van der Waals surface area (Å²) in [4.78, 5) is 15.3. The molecule has 0 aliphatic carbocycles. The highest BCUT2D eigenvalue weighted by atomic mass is 32.1. The van der Waals surface area contributed by atoms with Crippen LogP contribution in [0, 0.1) is 0 Å². The highest BCUT2D eigenvalue weighted by Crippen LogP contribution is 2.20. The summed E-state index contributed by atoms with van der Waals surface area (Å²) in [6.45, 7) is 2.05. The second-order valence-corrected chi connectivity index (χ2v) is 3.64. The molecule has 92 valence electrons. The van der Waals surface area contributed by atoms with E-state index in [9.17, 15) is 4.79 Å². The third kappa shape index (κ3) is 3.67. The Labute approximate surface area is 105 Å². The second kappa shape index (κ2) is 6.15. The minimum absolute atomic E-state index is 0.173. The summed E-state index contributed by atoms with van der Waals surface area (Å²) in [6, 6.07) is 6.54. The van der Waals surface area contributed by atoms with Gasteiger partial charge in [0.1, 0.15) is 0 Å². The number of guanidine groups is 1. The van der Waals surface area contributed by atoms with Gasteiger partial charge in [0.05, 0.1) is 0 Å². The maximum absolute atomic E-state index is 11.5. The van der Waals surface area contributed by atoms with Gasteiger partial charge in [-0.2, -0.15) is 0 Å².